The van der Waals surface area contributed by atoms with Gasteiger partial charge >= 0.3 is 5.97 Å². The zero-order valence-corrected chi connectivity index (χ0v) is 13.4. The number of benzene rings is 1. The first-order valence-electron chi connectivity index (χ1n) is 6.69. The predicted octanol–water partition coefficient (Wildman–Crippen LogP) is 3.27. The van der Waals surface area contributed by atoms with Crippen LogP contribution in [0.2, 0.25) is 5.02 Å². The minimum absolute atomic E-state index is 0.122. The van der Waals surface area contributed by atoms with Crippen LogP contribution < -0.4 is 5.32 Å². The number of nitrogens with zero attached hydrogens (tertiary/aromatic N) is 1. The molecule has 0 radical (unpaired) electrons. The predicted molar refractivity (Wildman–Crippen MR) is 80.9 cm³/mol. The lowest BCUT2D eigenvalue weighted by atomic mass is 10.2. The van der Waals surface area contributed by atoms with E-state index in [0.29, 0.717) is 17.1 Å². The number of ether oxygens (including phenoxy) is 1. The maximum absolute atomic E-state index is 13.1. The van der Waals surface area contributed by atoms with E-state index in [1.165, 1.54) is 19.1 Å². The molecule has 2 rings (SSSR count). The lowest BCUT2D eigenvalue weighted by Gasteiger charge is -2.13. The van der Waals surface area contributed by atoms with Crippen molar-refractivity contribution in [3.63, 3.8) is 0 Å². The van der Waals surface area contributed by atoms with Crippen LogP contribution in [0.15, 0.2) is 22.7 Å². The van der Waals surface area contributed by atoms with Crippen molar-refractivity contribution in [2.45, 2.75) is 26.9 Å². The average Bonchev–Trinajstić information content (AvgIpc) is 2.82. The largest absolute Gasteiger partial charge is 0.449 e. The van der Waals surface area contributed by atoms with E-state index in [4.69, 9.17) is 20.9 Å². The Bertz CT molecular complexity index is 740. The highest BCUT2D eigenvalue weighted by atomic mass is 35.5. The average molecular weight is 341 g/mol. The molecule has 6 nitrogen and oxygen atoms in total. The number of carbonyl (C=O) groups excluding carboxylic acids is 2. The summed E-state index contributed by atoms with van der Waals surface area (Å²) in [6.45, 7) is 4.58. The Morgan fingerprint density at radius 2 is 2.09 bits per heavy atom. The monoisotopic (exact) mass is 340 g/mol. The van der Waals surface area contributed by atoms with Gasteiger partial charge in [-0.2, -0.15) is 0 Å². The third-order valence-corrected chi connectivity index (χ3v) is 3.37. The first-order chi connectivity index (χ1) is 10.8. The topological polar surface area (TPSA) is 81.4 Å². The fraction of sp³-hybridized carbons (Fsp3) is 0.267. The van der Waals surface area contributed by atoms with Crippen molar-refractivity contribution >= 4 is 29.2 Å². The fourth-order valence-electron chi connectivity index (χ4n) is 1.87. The second kappa shape index (κ2) is 6.78. The maximum Gasteiger partial charge on any atom is 0.344 e. The van der Waals surface area contributed by atoms with Gasteiger partial charge in [0.25, 0.3) is 5.91 Å². The molecule has 0 aliphatic heterocycles. The van der Waals surface area contributed by atoms with Crippen molar-refractivity contribution in [1.29, 1.82) is 0 Å². The van der Waals surface area contributed by atoms with Crippen LogP contribution in [-0.4, -0.2) is 23.1 Å². The summed E-state index contributed by atoms with van der Waals surface area (Å²) >= 11 is 5.63. The maximum atomic E-state index is 13.1. The molecule has 0 bridgehead atoms. The summed E-state index contributed by atoms with van der Waals surface area (Å²) in [5.74, 6) is -1.57. The van der Waals surface area contributed by atoms with Crippen molar-refractivity contribution in [2.24, 2.45) is 0 Å². The molecule has 23 heavy (non-hydrogen) atoms. The van der Waals surface area contributed by atoms with Crippen molar-refractivity contribution in [3.8, 4) is 0 Å². The molecular formula is C15H14ClFN2O4. The third-order valence-electron chi connectivity index (χ3n) is 3.08. The standard InChI is InChI=1S/C15H14ClFN2O4/c1-7-13(8(2)23-19-7)15(21)22-9(3)14(20)18-10-4-5-12(17)11(16)6-10/h4-6,9H,1-3H3,(H,18,20)/t9-/m1/s1. The van der Waals surface area contributed by atoms with E-state index < -0.39 is 23.8 Å². The van der Waals surface area contributed by atoms with Gasteiger partial charge in [-0.3, -0.25) is 4.79 Å². The lowest BCUT2D eigenvalue weighted by molar-refractivity contribution is -0.123. The van der Waals surface area contributed by atoms with Crippen LogP contribution in [0.25, 0.3) is 0 Å². The van der Waals surface area contributed by atoms with Gasteiger partial charge in [-0.1, -0.05) is 16.8 Å². The molecule has 0 aliphatic rings. The van der Waals surface area contributed by atoms with Gasteiger partial charge in [0.05, 0.1) is 10.7 Å². The first-order valence-corrected chi connectivity index (χ1v) is 7.07. The SMILES string of the molecule is Cc1noc(C)c1C(=O)O[C@H](C)C(=O)Nc1ccc(F)c(Cl)c1. The Labute approximate surface area is 136 Å². The number of carbonyl (C=O) groups is 2. The summed E-state index contributed by atoms with van der Waals surface area (Å²) in [5, 5.41) is 6.01. The number of anilines is 1. The minimum Gasteiger partial charge on any atom is -0.449 e. The summed E-state index contributed by atoms with van der Waals surface area (Å²) in [7, 11) is 0. The summed E-state index contributed by atoms with van der Waals surface area (Å²) < 4.78 is 23.0. The molecule has 0 unspecified atom stereocenters. The molecule has 8 heteroatoms. The molecule has 1 aromatic heterocycles. The molecular weight excluding hydrogens is 327 g/mol. The van der Waals surface area contributed by atoms with Crippen LogP contribution in [0, 0.1) is 19.7 Å². The van der Waals surface area contributed by atoms with Gasteiger partial charge in [0.15, 0.2) is 6.10 Å². The molecule has 1 N–H and O–H groups in total. The van der Waals surface area contributed by atoms with E-state index in [9.17, 15) is 14.0 Å². The Morgan fingerprint density at radius 1 is 1.39 bits per heavy atom. The van der Waals surface area contributed by atoms with Crippen LogP contribution in [-0.2, 0) is 9.53 Å². The summed E-state index contributed by atoms with van der Waals surface area (Å²) in [6.07, 6.45) is -1.07. The number of hydrogen-bond donors (Lipinski definition) is 1. The Morgan fingerprint density at radius 3 is 2.65 bits per heavy atom. The second-order valence-corrected chi connectivity index (χ2v) is 5.27. The van der Waals surface area contributed by atoms with Crippen LogP contribution >= 0.6 is 11.6 Å². The Hall–Kier alpha value is -2.41. The van der Waals surface area contributed by atoms with Crippen LogP contribution in [0.5, 0.6) is 0 Å². The molecule has 1 heterocycles. The molecule has 1 aromatic carbocycles. The van der Waals surface area contributed by atoms with Gasteiger partial charge in [-0.05, 0) is 39.0 Å². The van der Waals surface area contributed by atoms with Crippen molar-refractivity contribution in [3.05, 3.63) is 46.1 Å². The number of rotatable bonds is 4. The molecule has 0 aliphatic carbocycles. The van der Waals surface area contributed by atoms with E-state index in [-0.39, 0.29) is 10.6 Å². The van der Waals surface area contributed by atoms with E-state index in [1.54, 1.807) is 13.8 Å². The van der Waals surface area contributed by atoms with E-state index in [2.05, 4.69) is 10.5 Å². The second-order valence-electron chi connectivity index (χ2n) is 4.86. The summed E-state index contributed by atoms with van der Waals surface area (Å²) in [5.41, 5.74) is 0.863. The lowest BCUT2D eigenvalue weighted by Crippen LogP contribution is -2.30. The highest BCUT2D eigenvalue weighted by Crippen LogP contribution is 2.20. The Kier molecular flexibility index (Phi) is 5.00. The summed E-state index contributed by atoms with van der Waals surface area (Å²) in [4.78, 5) is 24.1. The van der Waals surface area contributed by atoms with Crippen molar-refractivity contribution < 1.29 is 23.2 Å². The van der Waals surface area contributed by atoms with Crippen LogP contribution in [0.4, 0.5) is 10.1 Å². The molecule has 0 saturated heterocycles. The van der Waals surface area contributed by atoms with Gasteiger partial charge in [0.2, 0.25) is 0 Å². The quantitative estimate of drug-likeness (QED) is 0.864. The van der Waals surface area contributed by atoms with Gasteiger partial charge in [-0.15, -0.1) is 0 Å². The highest BCUT2D eigenvalue weighted by molar-refractivity contribution is 6.31. The zero-order chi connectivity index (χ0) is 17.1. The Balaban J connectivity index is 2.02. The number of amides is 1. The first kappa shape index (κ1) is 17.0. The number of halogens is 2. The highest BCUT2D eigenvalue weighted by Gasteiger charge is 2.24. The number of aryl methyl sites for hydroxylation is 2. The van der Waals surface area contributed by atoms with E-state index in [0.717, 1.165) is 6.07 Å². The van der Waals surface area contributed by atoms with Gasteiger partial charge in [0, 0.05) is 5.69 Å². The number of nitrogens with one attached hydrogen (secondary N) is 1. The summed E-state index contributed by atoms with van der Waals surface area (Å²) in [6, 6.07) is 3.73. The molecule has 0 spiro atoms. The van der Waals surface area contributed by atoms with Crippen molar-refractivity contribution in [2.75, 3.05) is 5.32 Å². The van der Waals surface area contributed by atoms with E-state index >= 15 is 0 Å². The normalized spacial score (nSPS) is 11.9. The molecule has 1 atom stereocenters. The van der Waals surface area contributed by atoms with Gasteiger partial charge in [-0.25, -0.2) is 9.18 Å². The number of aromatic nitrogens is 1. The molecule has 1 amide bonds. The number of esters is 1. The minimum atomic E-state index is -1.07. The third kappa shape index (κ3) is 3.87. The fourth-order valence-corrected chi connectivity index (χ4v) is 2.05. The smallest absolute Gasteiger partial charge is 0.344 e. The van der Waals surface area contributed by atoms with Crippen LogP contribution in [0.1, 0.15) is 28.7 Å². The molecule has 0 saturated carbocycles. The van der Waals surface area contributed by atoms with Crippen LogP contribution in [0.3, 0.4) is 0 Å². The number of hydrogen-bond acceptors (Lipinski definition) is 5. The zero-order valence-electron chi connectivity index (χ0n) is 12.6. The van der Waals surface area contributed by atoms with Crippen molar-refractivity contribution in [1.82, 2.24) is 5.16 Å². The van der Waals surface area contributed by atoms with Gasteiger partial charge in [0.1, 0.15) is 17.1 Å². The molecule has 0 fully saturated rings. The van der Waals surface area contributed by atoms with E-state index in [1.807, 2.05) is 0 Å². The molecule has 2 aromatic rings. The molecule has 122 valence electrons. The van der Waals surface area contributed by atoms with Gasteiger partial charge < -0.3 is 14.6 Å².